The first-order chi connectivity index (χ1) is 47.3. The van der Waals surface area contributed by atoms with Crippen LogP contribution in [0.2, 0.25) is 0 Å². The molecule has 0 fully saturated rings. The first-order valence-electron chi connectivity index (χ1n) is 27.7. The highest BCUT2D eigenvalue weighted by atomic mass is 32.1. The van der Waals surface area contributed by atoms with Gasteiger partial charge in [-0.25, -0.2) is 46.9 Å². The van der Waals surface area contributed by atoms with Gasteiger partial charge in [0.15, 0.2) is 38.6 Å². The third-order valence-electron chi connectivity index (χ3n) is 14.3. The van der Waals surface area contributed by atoms with Crippen LogP contribution in [0, 0.1) is 23.3 Å². The maximum atomic E-state index is 14.2. The summed E-state index contributed by atoms with van der Waals surface area (Å²) >= 11 is 5.51. The zero-order valence-electron chi connectivity index (χ0n) is 51.3. The molecule has 0 spiro atoms. The standard InChI is InChI=1S/C19H12F5N5O3S2.C19H13F4N5O4S2.C19H13F4N5O3S2/c1-28-15(31)12-9(27-34-16(12)29(2)18(28)32)5-11(30)26-17-25-10(6-33-17)7-3-4-8(19(22,23)24)14(21)13(7)20;1-27-15(30)14-10(26-34-16(14)28(2)18(27)31)6-13(29)25-17-24-11(7-33-17)8-3-4-12(9(20)5-8)32-19(21,22)23;1-27-15(30)14-11(26-33-16(14)28(2)18(27)31)6-13(29)25-17-24-12(7-32-17)8-3-9(19(21,22)23)5-10(20)4-8/h3-4,6H,5H2,1-2H3,(H,25,26,30);3-5,7H,6H2,1-2H3,(H,24,25,29);3-5,7H,6H2,1-2H3,(H,24,25,29). The van der Waals surface area contributed by atoms with Crippen molar-refractivity contribution in [3.63, 3.8) is 0 Å². The van der Waals surface area contributed by atoms with Gasteiger partial charge in [0.25, 0.3) is 16.7 Å². The van der Waals surface area contributed by atoms with Gasteiger partial charge in [0.1, 0.15) is 20.3 Å². The summed E-state index contributed by atoms with van der Waals surface area (Å²) in [5.41, 5.74) is -5.99. The summed E-state index contributed by atoms with van der Waals surface area (Å²) in [5, 5.41) is 12.2. The Balaban J connectivity index is 0.000000163. The second kappa shape index (κ2) is 28.3. The van der Waals surface area contributed by atoms with Crippen molar-refractivity contribution in [2.24, 2.45) is 42.3 Å². The summed E-state index contributed by atoms with van der Waals surface area (Å²) < 4.78 is 192. The van der Waals surface area contributed by atoms with Gasteiger partial charge in [-0.15, -0.1) is 47.2 Å². The van der Waals surface area contributed by atoms with Crippen molar-refractivity contribution in [2.75, 3.05) is 16.0 Å². The van der Waals surface area contributed by atoms with Gasteiger partial charge in [0.05, 0.1) is 80.7 Å². The number of carbonyl (C=O) groups is 3. The second-order valence-electron chi connectivity index (χ2n) is 21.0. The number of anilines is 3. The largest absolute Gasteiger partial charge is 0.573 e. The monoisotopic (exact) mass is 1530 g/mol. The van der Waals surface area contributed by atoms with Crippen LogP contribution < -0.4 is 54.4 Å². The Kier molecular flexibility index (Phi) is 20.5. The summed E-state index contributed by atoms with van der Waals surface area (Å²) in [6, 6.07) is 6.10. The molecule has 3 amide bonds. The molecule has 9 heterocycles. The third kappa shape index (κ3) is 15.5. The fourth-order valence-electron chi connectivity index (χ4n) is 9.40. The maximum Gasteiger partial charge on any atom is 0.573 e. The number of hydrogen-bond acceptors (Lipinski definition) is 22. The van der Waals surface area contributed by atoms with Gasteiger partial charge in [-0.05, 0) is 83.1 Å². The van der Waals surface area contributed by atoms with Crippen LogP contribution in [0.4, 0.5) is 72.5 Å². The van der Waals surface area contributed by atoms with E-state index in [1.54, 1.807) is 0 Å². The summed E-state index contributed by atoms with van der Waals surface area (Å²) in [4.78, 5) is 124. The fraction of sp³-hybridized carbons (Fsp3) is 0.211. The third-order valence-corrected chi connectivity index (χ3v) is 19.5. The van der Waals surface area contributed by atoms with Crippen molar-refractivity contribution >= 4 is 132 Å². The van der Waals surface area contributed by atoms with E-state index in [2.05, 4.69) is 48.8 Å². The molecule has 0 saturated heterocycles. The van der Waals surface area contributed by atoms with E-state index >= 15 is 0 Å². The van der Waals surface area contributed by atoms with Gasteiger partial charge in [-0.3, -0.25) is 56.2 Å². The highest BCUT2D eigenvalue weighted by molar-refractivity contribution is 7.15. The van der Waals surface area contributed by atoms with Gasteiger partial charge in [0.2, 0.25) is 17.7 Å². The predicted molar refractivity (Wildman–Crippen MR) is 346 cm³/mol. The van der Waals surface area contributed by atoms with Crippen LogP contribution in [-0.4, -0.2) is 79.6 Å². The molecule has 0 aliphatic carbocycles. The molecule has 3 N–H and O–H groups in total. The molecule has 0 bridgehead atoms. The maximum absolute atomic E-state index is 14.2. The number of benzene rings is 3. The lowest BCUT2D eigenvalue weighted by molar-refractivity contribution is -0.275. The van der Waals surface area contributed by atoms with E-state index < -0.39 is 116 Å². The zero-order valence-corrected chi connectivity index (χ0v) is 56.2. The molecule has 0 aliphatic heterocycles. The average molecular weight is 1530 g/mol. The van der Waals surface area contributed by atoms with Crippen LogP contribution in [-0.2, 0) is 88.3 Å². The van der Waals surface area contributed by atoms with Gasteiger partial charge in [-0.1, -0.05) is 0 Å². The number of alkyl halides is 9. The van der Waals surface area contributed by atoms with Crippen molar-refractivity contribution in [3.8, 4) is 39.5 Å². The quantitative estimate of drug-likeness (QED) is 0.0905. The van der Waals surface area contributed by atoms with Crippen LogP contribution in [0.25, 0.3) is 64.4 Å². The fourth-order valence-corrected chi connectivity index (χ4v) is 14.1. The smallest absolute Gasteiger partial charge is 0.403 e. The Morgan fingerprint density at radius 1 is 0.465 bits per heavy atom. The molecule has 44 heteroatoms. The summed E-state index contributed by atoms with van der Waals surface area (Å²) in [6.45, 7) is 0. The van der Waals surface area contributed by atoms with Crippen molar-refractivity contribution in [1.29, 1.82) is 0 Å². The lowest BCUT2D eigenvalue weighted by Crippen LogP contribution is -2.36. The number of aromatic nitrogens is 12. The van der Waals surface area contributed by atoms with Gasteiger partial charge in [-0.2, -0.15) is 39.5 Å². The van der Waals surface area contributed by atoms with E-state index in [-0.39, 0.29) is 96.1 Å². The first kappa shape index (κ1) is 73.3. The van der Waals surface area contributed by atoms with Gasteiger partial charge < -0.3 is 20.7 Å². The highest BCUT2D eigenvalue weighted by Crippen LogP contribution is 2.38. The number of rotatable bonds is 13. The number of nitrogens with one attached hydrogen (secondary N) is 3. The Hall–Kier alpha value is -10.4. The topological polar surface area (TPSA) is 306 Å². The SMILES string of the molecule is Cn1c(=O)c2c(CC(=O)Nc3nc(-c4cc(F)cc(C(F)(F)F)c4)cs3)nsc2n(C)c1=O.Cn1c(=O)c2c(CC(=O)Nc3nc(-c4ccc(C(F)(F)F)c(F)c4F)cs3)nsc2n(C)c1=O.Cn1c(=O)c2c(CC(=O)Nc3nc(-c4ccc(OC(F)(F)F)c(F)c4)cs3)nsc2n(C)c1=O. The lowest BCUT2D eigenvalue weighted by Gasteiger charge is -2.10. The number of thiazole rings is 3. The van der Waals surface area contributed by atoms with E-state index in [1.165, 1.54) is 78.2 Å². The Morgan fingerprint density at radius 3 is 1.25 bits per heavy atom. The Labute approximate surface area is 575 Å². The second-order valence-corrected chi connectivity index (χ2v) is 25.9. The van der Waals surface area contributed by atoms with Crippen LogP contribution in [0.1, 0.15) is 28.2 Å². The normalized spacial score (nSPS) is 11.8. The number of aryl methyl sites for hydroxylation is 3. The van der Waals surface area contributed by atoms with Crippen molar-refractivity contribution < 1.29 is 76.2 Å². The number of hydrogen-bond donors (Lipinski definition) is 3. The molecule has 9 aromatic heterocycles. The van der Waals surface area contributed by atoms with Crippen molar-refractivity contribution in [1.82, 2.24) is 55.5 Å². The van der Waals surface area contributed by atoms with Crippen molar-refractivity contribution in [3.05, 3.63) is 179 Å². The zero-order chi connectivity index (χ0) is 73.8. The molecule has 12 aromatic rings. The highest BCUT2D eigenvalue weighted by Gasteiger charge is 2.37. The predicted octanol–water partition coefficient (Wildman–Crippen LogP) is 9.49. The molecule has 0 saturated carbocycles. The van der Waals surface area contributed by atoms with Gasteiger partial charge in [0, 0.05) is 75.1 Å². The molecule has 3 aromatic carbocycles. The van der Waals surface area contributed by atoms with Crippen LogP contribution in [0.15, 0.2) is 93.4 Å². The molecule has 101 heavy (non-hydrogen) atoms. The molecule has 0 atom stereocenters. The summed E-state index contributed by atoms with van der Waals surface area (Å²) in [7, 11) is 8.39. The van der Waals surface area contributed by atoms with E-state index in [1.807, 2.05) is 0 Å². The molecular formula is C57H38F13N15O10S6. The van der Waals surface area contributed by atoms with E-state index in [0.29, 0.717) is 26.6 Å². The number of halogens is 13. The Bertz CT molecular complexity index is 5720. The van der Waals surface area contributed by atoms with E-state index in [9.17, 15) is 100 Å². The molecule has 528 valence electrons. The molecular weight excluding hydrogens is 1490 g/mol. The Morgan fingerprint density at radius 2 is 0.861 bits per heavy atom. The number of ether oxygens (including phenoxy) is 1. The lowest BCUT2D eigenvalue weighted by atomic mass is 10.1. The summed E-state index contributed by atoms with van der Waals surface area (Å²) in [5.74, 6) is -8.77. The molecule has 0 aliphatic rings. The van der Waals surface area contributed by atoms with Gasteiger partial charge >= 0.3 is 35.8 Å². The minimum absolute atomic E-state index is 0.0282. The van der Waals surface area contributed by atoms with Crippen LogP contribution in [0.5, 0.6) is 5.75 Å². The molecule has 0 radical (unpaired) electrons. The number of amides is 3. The molecule has 0 unspecified atom stereocenters. The van der Waals surface area contributed by atoms with Crippen LogP contribution in [0.3, 0.4) is 0 Å². The summed E-state index contributed by atoms with van der Waals surface area (Å²) in [6.07, 6.45) is -15.7. The molecule has 12 rings (SSSR count). The number of fused-ring (bicyclic) bond motifs is 3. The van der Waals surface area contributed by atoms with E-state index in [4.69, 9.17) is 0 Å². The van der Waals surface area contributed by atoms with E-state index in [0.717, 1.165) is 113 Å². The number of carbonyl (C=O) groups excluding carboxylic acids is 3. The van der Waals surface area contributed by atoms with Crippen LogP contribution >= 0.6 is 68.6 Å². The average Bonchev–Trinajstić information content (AvgIpc) is 1.69. The minimum Gasteiger partial charge on any atom is -0.403 e. The molecule has 25 nitrogen and oxygen atoms in total. The minimum atomic E-state index is -5.06. The first-order valence-corrected chi connectivity index (χ1v) is 32.6. The van der Waals surface area contributed by atoms with Crippen molar-refractivity contribution in [2.45, 2.75) is 38.0 Å². The number of nitrogens with zero attached hydrogens (tertiary/aromatic N) is 12.